The molecule has 0 aromatic heterocycles. The first-order chi connectivity index (χ1) is 28.1. The first-order valence-corrected chi connectivity index (χ1v) is 23.7. The van der Waals surface area contributed by atoms with Crippen molar-refractivity contribution in [1.29, 1.82) is 0 Å². The Balaban J connectivity index is 4.23. The molecule has 0 heterocycles. The summed E-state index contributed by atoms with van der Waals surface area (Å²) in [7, 11) is 5.95. The smallest absolute Gasteiger partial charge is 0.361 e. The Hall–Kier alpha value is -2.49. The summed E-state index contributed by atoms with van der Waals surface area (Å²) in [5, 5.41) is 9.62. The van der Waals surface area contributed by atoms with Gasteiger partial charge in [0.2, 0.25) is 0 Å². The molecule has 0 saturated heterocycles. The van der Waals surface area contributed by atoms with Crippen LogP contribution in [0.2, 0.25) is 0 Å². The predicted molar refractivity (Wildman–Crippen MR) is 240 cm³/mol. The van der Waals surface area contributed by atoms with E-state index in [1.54, 1.807) is 0 Å². The Morgan fingerprint density at radius 2 is 0.931 bits per heavy atom. The van der Waals surface area contributed by atoms with E-state index in [9.17, 15) is 19.5 Å². The second-order valence-corrected chi connectivity index (χ2v) is 17.1. The number of quaternary nitrogens is 1. The minimum Gasteiger partial charge on any atom is -0.477 e. The molecule has 0 spiro atoms. The van der Waals surface area contributed by atoms with Crippen molar-refractivity contribution in [3.8, 4) is 0 Å². The van der Waals surface area contributed by atoms with Crippen LogP contribution in [0.15, 0.2) is 36.5 Å². The lowest BCUT2D eigenvalue weighted by Gasteiger charge is -2.25. The molecule has 0 fully saturated rings. The van der Waals surface area contributed by atoms with Crippen LogP contribution in [0, 0.1) is 0 Å². The number of carbonyl (C=O) groups is 3. The first-order valence-electron chi connectivity index (χ1n) is 23.7. The van der Waals surface area contributed by atoms with Crippen molar-refractivity contribution in [3.63, 3.8) is 0 Å². The van der Waals surface area contributed by atoms with Gasteiger partial charge in [0.05, 0.1) is 34.4 Å². The molecule has 9 nitrogen and oxygen atoms in total. The van der Waals surface area contributed by atoms with Gasteiger partial charge >= 0.3 is 17.9 Å². The van der Waals surface area contributed by atoms with Crippen LogP contribution in [0.25, 0.3) is 0 Å². The summed E-state index contributed by atoms with van der Waals surface area (Å²) >= 11 is 0. The Bertz CT molecular complexity index is 1050. The molecule has 338 valence electrons. The Kier molecular flexibility index (Phi) is 39.5. The number of hydrogen-bond donors (Lipinski definition) is 1. The van der Waals surface area contributed by atoms with Crippen molar-refractivity contribution in [1.82, 2.24) is 0 Å². The number of hydrogen-bond acceptors (Lipinski definition) is 7. The summed E-state index contributed by atoms with van der Waals surface area (Å²) in [5.41, 5.74) is 0. The molecule has 0 aliphatic carbocycles. The molecule has 2 atom stereocenters. The number of unbranched alkanes of at least 4 members (excludes halogenated alkanes) is 22. The number of allylic oxidation sites excluding steroid dienone is 6. The zero-order valence-electron chi connectivity index (χ0n) is 38.2. The average Bonchev–Trinajstić information content (AvgIpc) is 3.18. The van der Waals surface area contributed by atoms with Crippen molar-refractivity contribution in [2.75, 3.05) is 47.5 Å². The Morgan fingerprint density at radius 1 is 0.517 bits per heavy atom. The highest BCUT2D eigenvalue weighted by molar-refractivity contribution is 5.71. The molecule has 0 radical (unpaired) electrons. The lowest BCUT2D eigenvalue weighted by atomic mass is 10.0. The molecule has 58 heavy (non-hydrogen) atoms. The van der Waals surface area contributed by atoms with Crippen molar-refractivity contribution in [2.45, 2.75) is 212 Å². The van der Waals surface area contributed by atoms with Gasteiger partial charge in [-0.1, -0.05) is 172 Å². The number of carbonyl (C=O) groups excluding carboxylic acids is 2. The van der Waals surface area contributed by atoms with Gasteiger partial charge in [-0.2, -0.15) is 0 Å². The molecule has 1 N–H and O–H groups in total. The summed E-state index contributed by atoms with van der Waals surface area (Å²) in [6.07, 6.45) is 43.6. The third-order valence-electron chi connectivity index (χ3n) is 10.1. The second-order valence-electron chi connectivity index (χ2n) is 17.1. The zero-order valence-corrected chi connectivity index (χ0v) is 38.2. The van der Waals surface area contributed by atoms with E-state index in [4.69, 9.17) is 18.9 Å². The van der Waals surface area contributed by atoms with Crippen molar-refractivity contribution in [2.24, 2.45) is 0 Å². The summed E-state index contributed by atoms with van der Waals surface area (Å²) < 4.78 is 22.7. The van der Waals surface area contributed by atoms with E-state index in [1.807, 2.05) is 21.1 Å². The van der Waals surface area contributed by atoms with Gasteiger partial charge in [0.15, 0.2) is 6.10 Å². The topological polar surface area (TPSA) is 108 Å². The van der Waals surface area contributed by atoms with E-state index in [2.05, 4.69) is 50.3 Å². The van der Waals surface area contributed by atoms with Crippen LogP contribution < -0.4 is 0 Å². The predicted octanol–water partition coefficient (Wildman–Crippen LogP) is 12.6. The molecule has 0 saturated carbocycles. The fourth-order valence-electron chi connectivity index (χ4n) is 6.43. The van der Waals surface area contributed by atoms with Gasteiger partial charge in [-0.3, -0.25) is 9.59 Å². The first kappa shape index (κ1) is 55.5. The van der Waals surface area contributed by atoms with E-state index < -0.39 is 24.3 Å². The molecule has 0 bridgehead atoms. The van der Waals surface area contributed by atoms with Gasteiger partial charge in [0, 0.05) is 12.8 Å². The molecule has 0 aromatic rings. The molecular weight excluding hydrogens is 731 g/mol. The minimum absolute atomic E-state index is 0.182. The molecule has 0 amide bonds. The molecule has 0 rings (SSSR count). The highest BCUT2D eigenvalue weighted by Crippen LogP contribution is 2.14. The number of ether oxygens (including phenoxy) is 4. The van der Waals surface area contributed by atoms with Gasteiger partial charge in [-0.25, -0.2) is 4.79 Å². The van der Waals surface area contributed by atoms with Crippen molar-refractivity contribution >= 4 is 17.9 Å². The normalized spacial score (nSPS) is 13.2. The molecule has 2 unspecified atom stereocenters. The maximum Gasteiger partial charge on any atom is 0.361 e. The number of nitrogens with zero attached hydrogens (tertiary/aromatic N) is 1. The average molecular weight is 821 g/mol. The molecule has 0 aliphatic rings. The number of likely N-dealkylation sites (N-methyl/N-ethyl adjacent to an activating group) is 1. The van der Waals surface area contributed by atoms with Gasteiger partial charge in [0.25, 0.3) is 6.29 Å². The van der Waals surface area contributed by atoms with Crippen molar-refractivity contribution < 1.29 is 42.9 Å². The SMILES string of the molecule is CCCCCCC/C=C\C/C=C\C/C=C\CCCCCCCCCCCCC(=O)OC(COC(=O)CCCCCCCCCC)COC(OCC[N+](C)(C)C)C(=O)O. The lowest BCUT2D eigenvalue weighted by Crippen LogP contribution is -2.40. The number of carboxylic acids is 1. The minimum atomic E-state index is -1.51. The fourth-order valence-corrected chi connectivity index (χ4v) is 6.43. The van der Waals surface area contributed by atoms with E-state index in [-0.39, 0.29) is 32.2 Å². The Morgan fingerprint density at radius 3 is 1.38 bits per heavy atom. The fraction of sp³-hybridized carbons (Fsp3) is 0.816. The van der Waals surface area contributed by atoms with Crippen molar-refractivity contribution in [3.05, 3.63) is 36.5 Å². The number of aliphatic carboxylic acids is 1. The lowest BCUT2D eigenvalue weighted by molar-refractivity contribution is -0.870. The molecule has 0 aliphatic heterocycles. The number of rotatable bonds is 43. The van der Waals surface area contributed by atoms with Crippen LogP contribution in [0.3, 0.4) is 0 Å². The van der Waals surface area contributed by atoms with Crippen LogP contribution in [0.1, 0.15) is 200 Å². The standard InChI is InChI=1S/C49H89NO8/c1-6-8-10-12-14-16-17-18-19-20-21-22-23-24-25-26-27-28-29-30-31-32-34-36-38-40-47(52)58-45(44-57-49(48(53)54)55-42-41-50(3,4)5)43-56-46(51)39-37-35-33-15-13-11-9-7-2/h17-18,20-21,23-24,45,49H,6-16,19,22,25-44H2,1-5H3/p+1/b18-17-,21-20-,24-23-. The van der Waals surface area contributed by atoms with Gasteiger partial charge in [-0.15, -0.1) is 0 Å². The molecule has 0 aromatic carbocycles. The van der Waals surface area contributed by atoms with E-state index >= 15 is 0 Å². The van der Waals surface area contributed by atoms with Crippen LogP contribution in [0.5, 0.6) is 0 Å². The summed E-state index contributed by atoms with van der Waals surface area (Å²) in [6, 6.07) is 0. The van der Waals surface area contributed by atoms with Crippen LogP contribution in [0.4, 0.5) is 0 Å². The Labute approximate surface area is 356 Å². The molecule has 9 heteroatoms. The molecular formula is C49H90NO8+. The monoisotopic (exact) mass is 821 g/mol. The third-order valence-corrected chi connectivity index (χ3v) is 10.1. The number of esters is 2. The quantitative estimate of drug-likeness (QED) is 0.0213. The second kappa shape index (κ2) is 41.3. The van der Waals surface area contributed by atoms with E-state index in [0.717, 1.165) is 57.8 Å². The van der Waals surface area contributed by atoms with Gasteiger partial charge in [0.1, 0.15) is 13.2 Å². The van der Waals surface area contributed by atoms with E-state index in [1.165, 1.54) is 116 Å². The maximum absolute atomic E-state index is 12.8. The van der Waals surface area contributed by atoms with Crippen LogP contribution in [-0.4, -0.2) is 87.4 Å². The van der Waals surface area contributed by atoms with Crippen LogP contribution >= 0.6 is 0 Å². The summed E-state index contributed by atoms with van der Waals surface area (Å²) in [6.45, 7) is 4.82. The van der Waals surface area contributed by atoms with E-state index in [0.29, 0.717) is 17.4 Å². The van der Waals surface area contributed by atoms with Gasteiger partial charge < -0.3 is 28.5 Å². The largest absolute Gasteiger partial charge is 0.477 e. The summed E-state index contributed by atoms with van der Waals surface area (Å²) in [4.78, 5) is 37.0. The highest BCUT2D eigenvalue weighted by atomic mass is 16.7. The number of carboxylic acid groups (broad SMARTS) is 1. The summed E-state index contributed by atoms with van der Waals surface area (Å²) in [5.74, 6) is -2.01. The highest BCUT2D eigenvalue weighted by Gasteiger charge is 2.25. The van der Waals surface area contributed by atoms with Gasteiger partial charge in [-0.05, 0) is 51.4 Å². The zero-order chi connectivity index (χ0) is 42.8. The third kappa shape index (κ3) is 41.7. The maximum atomic E-state index is 12.8. The van der Waals surface area contributed by atoms with Crippen LogP contribution in [-0.2, 0) is 33.3 Å².